The molecule has 0 unspecified atom stereocenters. The van der Waals surface area contributed by atoms with Gasteiger partial charge in [-0.15, -0.1) is 0 Å². The average molecular weight is 415 g/mol. The molecule has 31 heavy (non-hydrogen) atoms. The first-order valence-electron chi connectivity index (χ1n) is 9.65. The van der Waals surface area contributed by atoms with Gasteiger partial charge in [-0.3, -0.25) is 9.36 Å². The van der Waals surface area contributed by atoms with Crippen LogP contribution in [-0.4, -0.2) is 25.4 Å². The lowest BCUT2D eigenvalue weighted by atomic mass is 10.3. The summed E-state index contributed by atoms with van der Waals surface area (Å²) >= 11 is 0. The van der Waals surface area contributed by atoms with E-state index in [4.69, 9.17) is 9.15 Å². The van der Waals surface area contributed by atoms with Crippen LogP contribution in [0.3, 0.4) is 0 Å². The molecule has 3 aromatic heterocycles. The van der Waals surface area contributed by atoms with Gasteiger partial charge in [0.1, 0.15) is 29.5 Å². The highest BCUT2D eigenvalue weighted by Crippen LogP contribution is 2.24. The summed E-state index contributed by atoms with van der Waals surface area (Å²) in [5.41, 5.74) is 2.59. The number of aromatic nitrogens is 4. The van der Waals surface area contributed by atoms with E-state index in [9.17, 15) is 4.79 Å². The summed E-state index contributed by atoms with van der Waals surface area (Å²) in [6, 6.07) is 12.3. The van der Waals surface area contributed by atoms with Crippen molar-refractivity contribution in [1.29, 1.82) is 0 Å². The summed E-state index contributed by atoms with van der Waals surface area (Å²) in [5, 5.41) is 2.78. The van der Waals surface area contributed by atoms with E-state index in [0.717, 1.165) is 11.4 Å². The molecule has 1 aromatic carbocycles. The number of aryl methyl sites for hydroxylation is 2. The van der Waals surface area contributed by atoms with E-state index in [0.29, 0.717) is 34.7 Å². The van der Waals surface area contributed by atoms with Crippen LogP contribution in [0.1, 0.15) is 23.0 Å². The van der Waals surface area contributed by atoms with E-state index in [2.05, 4.69) is 20.3 Å². The maximum absolute atomic E-state index is 12.0. The van der Waals surface area contributed by atoms with Crippen LogP contribution in [-0.2, 0) is 4.79 Å². The largest absolute Gasteiger partial charge is 0.465 e. The quantitative estimate of drug-likeness (QED) is 0.462. The first-order chi connectivity index (χ1) is 15.0. The van der Waals surface area contributed by atoms with Crippen LogP contribution in [0.5, 0.6) is 11.6 Å². The van der Waals surface area contributed by atoms with Crippen LogP contribution < -0.4 is 10.1 Å². The van der Waals surface area contributed by atoms with Crippen LogP contribution in [0.2, 0.25) is 0 Å². The van der Waals surface area contributed by atoms with Crippen molar-refractivity contribution < 1.29 is 13.9 Å². The van der Waals surface area contributed by atoms with E-state index >= 15 is 0 Å². The normalized spacial score (nSPS) is 11.1. The van der Waals surface area contributed by atoms with Crippen molar-refractivity contribution in [2.45, 2.75) is 20.8 Å². The number of nitrogens with zero attached hydrogens (tertiary/aromatic N) is 4. The fraction of sp³-hybridized carbons (Fsp3) is 0.130. The summed E-state index contributed by atoms with van der Waals surface area (Å²) in [7, 11) is 0. The lowest BCUT2D eigenvalue weighted by Gasteiger charge is -2.10. The smallest absolute Gasteiger partial charge is 0.248 e. The first-order valence-corrected chi connectivity index (χ1v) is 9.65. The molecule has 1 amide bonds. The van der Waals surface area contributed by atoms with Gasteiger partial charge in [-0.1, -0.05) is 0 Å². The highest BCUT2D eigenvalue weighted by molar-refractivity contribution is 6.01. The zero-order valence-corrected chi connectivity index (χ0v) is 17.4. The first kappa shape index (κ1) is 20.1. The van der Waals surface area contributed by atoms with Crippen molar-refractivity contribution in [2.24, 2.45) is 0 Å². The molecule has 0 saturated carbocycles. The van der Waals surface area contributed by atoms with Gasteiger partial charge in [0.2, 0.25) is 11.8 Å². The van der Waals surface area contributed by atoms with E-state index in [1.165, 1.54) is 6.08 Å². The molecule has 0 bridgehead atoms. The number of rotatable bonds is 6. The number of anilines is 1. The third-order valence-electron chi connectivity index (χ3n) is 4.59. The molecule has 0 fully saturated rings. The molecule has 8 nitrogen and oxygen atoms in total. The summed E-state index contributed by atoms with van der Waals surface area (Å²) < 4.78 is 13.0. The minimum atomic E-state index is -0.257. The van der Waals surface area contributed by atoms with Gasteiger partial charge in [-0.05, 0) is 63.2 Å². The SMILES string of the molecule is Cc1nc(Oc2ccc(NC(=O)/C=C/c3ccco3)cc2)cc(-n2cnc(C)c2C)n1. The monoisotopic (exact) mass is 415 g/mol. The van der Waals surface area contributed by atoms with Gasteiger partial charge in [0.05, 0.1) is 12.0 Å². The number of nitrogens with one attached hydrogen (secondary N) is 1. The summed E-state index contributed by atoms with van der Waals surface area (Å²) in [6.45, 7) is 5.74. The minimum Gasteiger partial charge on any atom is -0.465 e. The number of amides is 1. The topological polar surface area (TPSA) is 95.1 Å². The highest BCUT2D eigenvalue weighted by Gasteiger charge is 2.10. The summed E-state index contributed by atoms with van der Waals surface area (Å²) in [6.07, 6.45) is 6.30. The van der Waals surface area contributed by atoms with Gasteiger partial charge in [-0.2, -0.15) is 4.98 Å². The molecule has 1 N–H and O–H groups in total. The number of benzene rings is 1. The Morgan fingerprint density at radius 3 is 2.61 bits per heavy atom. The second-order valence-electron chi connectivity index (χ2n) is 6.86. The standard InChI is InChI=1S/C23H21N5O3/c1-15-16(2)28(14-24-15)21-13-23(26-17(3)25-21)31-20-8-6-18(7-9-20)27-22(29)11-10-19-5-4-12-30-19/h4-14H,1-3H3,(H,27,29)/b11-10+. The maximum atomic E-state index is 12.0. The fourth-order valence-electron chi connectivity index (χ4n) is 2.89. The second kappa shape index (κ2) is 8.66. The number of furan rings is 1. The van der Waals surface area contributed by atoms with Crippen LogP contribution in [0, 0.1) is 20.8 Å². The summed E-state index contributed by atoms with van der Waals surface area (Å²) in [5.74, 6) is 2.64. The molecule has 0 spiro atoms. The third kappa shape index (κ3) is 4.87. The van der Waals surface area contributed by atoms with Crippen LogP contribution in [0.4, 0.5) is 5.69 Å². The fourth-order valence-corrected chi connectivity index (χ4v) is 2.89. The Hall–Kier alpha value is -4.20. The molecule has 8 heteroatoms. The van der Waals surface area contributed by atoms with Crippen LogP contribution >= 0.6 is 0 Å². The Labute approximate surface area is 179 Å². The lowest BCUT2D eigenvalue weighted by molar-refractivity contribution is -0.111. The van der Waals surface area contributed by atoms with Gasteiger partial charge in [0.15, 0.2) is 0 Å². The number of carbonyl (C=O) groups excluding carboxylic acids is 1. The Bertz CT molecular complexity index is 1220. The molecular formula is C23H21N5O3. The van der Waals surface area contributed by atoms with Gasteiger partial charge in [-0.25, -0.2) is 9.97 Å². The van der Waals surface area contributed by atoms with Crippen molar-refractivity contribution >= 4 is 17.7 Å². The van der Waals surface area contributed by atoms with Crippen molar-refractivity contribution in [1.82, 2.24) is 19.5 Å². The van der Waals surface area contributed by atoms with Crippen molar-refractivity contribution in [2.75, 3.05) is 5.32 Å². The molecule has 0 aliphatic rings. The second-order valence-corrected chi connectivity index (χ2v) is 6.86. The van der Waals surface area contributed by atoms with Gasteiger partial charge >= 0.3 is 0 Å². The van der Waals surface area contributed by atoms with Gasteiger partial charge in [0.25, 0.3) is 0 Å². The molecular weight excluding hydrogens is 394 g/mol. The number of ether oxygens (including phenoxy) is 1. The van der Waals surface area contributed by atoms with E-state index in [1.54, 1.807) is 61.1 Å². The predicted molar refractivity (Wildman–Crippen MR) is 116 cm³/mol. The third-order valence-corrected chi connectivity index (χ3v) is 4.59. The molecule has 0 saturated heterocycles. The average Bonchev–Trinajstić information content (AvgIpc) is 3.38. The van der Waals surface area contributed by atoms with Crippen LogP contribution in [0.15, 0.2) is 65.5 Å². The Balaban J connectivity index is 1.44. The van der Waals surface area contributed by atoms with Gasteiger partial charge in [0, 0.05) is 23.5 Å². The molecule has 0 aliphatic carbocycles. The number of hydrogen-bond acceptors (Lipinski definition) is 6. The number of carbonyl (C=O) groups is 1. The molecule has 0 aliphatic heterocycles. The minimum absolute atomic E-state index is 0.257. The zero-order valence-electron chi connectivity index (χ0n) is 17.4. The molecule has 3 heterocycles. The van der Waals surface area contributed by atoms with E-state index in [-0.39, 0.29) is 5.91 Å². The molecule has 4 aromatic rings. The Kier molecular flexibility index (Phi) is 5.61. The maximum Gasteiger partial charge on any atom is 0.248 e. The van der Waals surface area contributed by atoms with Crippen molar-refractivity contribution in [3.05, 3.63) is 84.1 Å². The Morgan fingerprint density at radius 1 is 1.13 bits per heavy atom. The number of hydrogen-bond donors (Lipinski definition) is 1. The van der Waals surface area contributed by atoms with Crippen LogP contribution in [0.25, 0.3) is 11.9 Å². The number of imidazole rings is 1. The summed E-state index contributed by atoms with van der Waals surface area (Å²) in [4.78, 5) is 25.2. The zero-order chi connectivity index (χ0) is 21.8. The highest BCUT2D eigenvalue weighted by atomic mass is 16.5. The molecule has 4 rings (SSSR count). The molecule has 156 valence electrons. The van der Waals surface area contributed by atoms with E-state index in [1.807, 2.05) is 25.3 Å². The van der Waals surface area contributed by atoms with Crippen molar-refractivity contribution in [3.8, 4) is 17.4 Å². The van der Waals surface area contributed by atoms with Gasteiger partial charge < -0.3 is 14.5 Å². The molecule has 0 radical (unpaired) electrons. The predicted octanol–water partition coefficient (Wildman–Crippen LogP) is 4.62. The molecule has 0 atom stereocenters. The van der Waals surface area contributed by atoms with Crippen molar-refractivity contribution in [3.63, 3.8) is 0 Å². The Morgan fingerprint density at radius 2 is 1.94 bits per heavy atom. The van der Waals surface area contributed by atoms with E-state index < -0.39 is 0 Å². The lowest BCUT2D eigenvalue weighted by Crippen LogP contribution is -2.07.